The molecule has 4 nitrogen and oxygen atoms in total. The van der Waals surface area contributed by atoms with Crippen LogP contribution in [0.1, 0.15) is 39.5 Å². The monoisotopic (exact) mass is 408 g/mol. The fourth-order valence-electron chi connectivity index (χ4n) is 3.19. The van der Waals surface area contributed by atoms with E-state index in [-0.39, 0.29) is 10.8 Å². The van der Waals surface area contributed by atoms with Crippen LogP contribution >= 0.6 is 0 Å². The Bertz CT molecular complexity index is 847. The van der Waals surface area contributed by atoms with Gasteiger partial charge in [-0.05, 0) is 63.4 Å². The van der Waals surface area contributed by atoms with Crippen LogP contribution in [-0.4, -0.2) is 28.6 Å². The first-order valence-electron chi connectivity index (χ1n) is 9.23. The number of hydrogen-bond donors (Lipinski definition) is 1. The van der Waals surface area contributed by atoms with E-state index < -0.39 is 22.6 Å². The fourth-order valence-corrected chi connectivity index (χ4v) is 3.84. The number of amides is 1. The lowest BCUT2D eigenvalue weighted by Crippen LogP contribution is -2.35. The van der Waals surface area contributed by atoms with Crippen molar-refractivity contribution in [3.05, 3.63) is 64.9 Å². The van der Waals surface area contributed by atoms with E-state index in [9.17, 15) is 17.8 Å². The number of nitrogens with one attached hydrogen (secondary N) is 1. The number of carbonyl (C=O) groups excluding carboxylic acids is 1. The number of carbonyl (C=O) groups is 1. The van der Waals surface area contributed by atoms with Gasteiger partial charge in [-0.2, -0.15) is 0 Å². The topological polar surface area (TPSA) is 49.4 Å². The van der Waals surface area contributed by atoms with Crippen LogP contribution in [0.4, 0.5) is 8.78 Å². The molecule has 28 heavy (non-hydrogen) atoms. The first kappa shape index (κ1) is 22.2. The first-order valence-corrected chi connectivity index (χ1v) is 10.4. The van der Waals surface area contributed by atoms with E-state index >= 15 is 0 Å². The molecule has 0 radical (unpaired) electrons. The minimum absolute atomic E-state index is 0.0427. The van der Waals surface area contributed by atoms with Gasteiger partial charge in [0, 0.05) is 24.7 Å². The van der Waals surface area contributed by atoms with Gasteiger partial charge in [0.05, 0.1) is 4.90 Å². The lowest BCUT2D eigenvalue weighted by Gasteiger charge is -2.31. The molecule has 1 N–H and O–H groups in total. The highest BCUT2D eigenvalue weighted by Crippen LogP contribution is 2.27. The second-order valence-electron chi connectivity index (χ2n) is 6.66. The van der Waals surface area contributed by atoms with Crippen LogP contribution in [0.2, 0.25) is 0 Å². The maximum Gasteiger partial charge on any atom is 0.226 e. The number of benzene rings is 1. The van der Waals surface area contributed by atoms with Gasteiger partial charge in [-0.3, -0.25) is 4.79 Å². The fraction of sp³-hybridized carbons (Fsp3) is 0.381. The normalized spacial score (nSPS) is 18.2. The first-order chi connectivity index (χ1) is 13.3. The Morgan fingerprint density at radius 3 is 2.57 bits per heavy atom. The SMILES string of the molecule is CC1=CC=CCC(C)=C1N1CCCCC1=O.CNS(=O)c1ccc(F)cc1F. The number of allylic oxidation sites excluding steroid dienone is 5. The molecule has 0 bridgehead atoms. The van der Waals surface area contributed by atoms with Gasteiger partial charge in [-0.1, -0.05) is 18.2 Å². The van der Waals surface area contributed by atoms with Crippen molar-refractivity contribution in [3.63, 3.8) is 0 Å². The molecule has 1 aromatic carbocycles. The van der Waals surface area contributed by atoms with E-state index in [1.807, 2.05) is 4.90 Å². The zero-order chi connectivity index (χ0) is 20.7. The number of likely N-dealkylation sites (tertiary alicyclic amines) is 1. The standard InChI is InChI=1S/C14H19NO.C7H7F2NOS/c1-11-7-3-4-8-12(2)14(11)15-10-6-5-9-13(15)16;1-10-12(11)7-3-2-5(8)4-6(7)9/h3-4,7H,5-6,8-10H2,1-2H3;2-4,10H,1H3. The van der Waals surface area contributed by atoms with Crippen LogP contribution in [0.3, 0.4) is 0 Å². The van der Waals surface area contributed by atoms with Crippen molar-refractivity contribution in [1.82, 2.24) is 9.62 Å². The zero-order valence-corrected chi connectivity index (χ0v) is 17.2. The predicted molar refractivity (Wildman–Crippen MR) is 108 cm³/mol. The second kappa shape index (κ2) is 10.4. The van der Waals surface area contributed by atoms with E-state index in [0.717, 1.165) is 43.6 Å². The van der Waals surface area contributed by atoms with Crippen LogP contribution in [0.5, 0.6) is 0 Å². The Balaban J connectivity index is 0.000000209. The average Bonchev–Trinajstić information content (AvgIpc) is 2.83. The molecule has 0 saturated carbocycles. The van der Waals surface area contributed by atoms with Gasteiger partial charge >= 0.3 is 0 Å². The summed E-state index contributed by atoms with van der Waals surface area (Å²) >= 11 is 0. The smallest absolute Gasteiger partial charge is 0.226 e. The maximum absolute atomic E-state index is 12.8. The molecular weight excluding hydrogens is 382 g/mol. The highest BCUT2D eigenvalue weighted by molar-refractivity contribution is 7.83. The predicted octanol–water partition coefficient (Wildman–Crippen LogP) is 4.39. The van der Waals surface area contributed by atoms with Crippen molar-refractivity contribution in [2.45, 2.75) is 44.4 Å². The molecule has 2 aliphatic rings. The third kappa shape index (κ3) is 5.69. The lowest BCUT2D eigenvalue weighted by atomic mass is 10.0. The third-order valence-electron chi connectivity index (χ3n) is 4.56. The summed E-state index contributed by atoms with van der Waals surface area (Å²) in [7, 11) is -0.172. The molecule has 1 saturated heterocycles. The lowest BCUT2D eigenvalue weighted by molar-refractivity contribution is -0.131. The van der Waals surface area contributed by atoms with Gasteiger partial charge in [0.1, 0.15) is 22.6 Å². The van der Waals surface area contributed by atoms with Gasteiger partial charge in [0.25, 0.3) is 0 Å². The molecule has 7 heteroatoms. The highest BCUT2D eigenvalue weighted by Gasteiger charge is 2.23. The molecule has 152 valence electrons. The van der Waals surface area contributed by atoms with E-state index in [1.54, 1.807) is 0 Å². The summed E-state index contributed by atoms with van der Waals surface area (Å²) in [5.41, 5.74) is 3.67. The van der Waals surface area contributed by atoms with Crippen molar-refractivity contribution in [1.29, 1.82) is 0 Å². The highest BCUT2D eigenvalue weighted by atomic mass is 32.2. The minimum atomic E-state index is -1.60. The van der Waals surface area contributed by atoms with E-state index in [2.05, 4.69) is 36.8 Å². The summed E-state index contributed by atoms with van der Waals surface area (Å²) in [6.45, 7) is 5.11. The van der Waals surface area contributed by atoms with Crippen molar-refractivity contribution >= 4 is 16.9 Å². The van der Waals surface area contributed by atoms with Crippen LogP contribution < -0.4 is 4.72 Å². The van der Waals surface area contributed by atoms with Gasteiger partial charge in [0.15, 0.2) is 0 Å². The molecule has 1 heterocycles. The van der Waals surface area contributed by atoms with Gasteiger partial charge < -0.3 is 4.90 Å². The summed E-state index contributed by atoms with van der Waals surface area (Å²) in [5.74, 6) is -1.19. The molecule has 0 spiro atoms. The second-order valence-corrected chi connectivity index (χ2v) is 8.05. The van der Waals surface area contributed by atoms with Gasteiger partial charge in [-0.15, -0.1) is 0 Å². The summed E-state index contributed by atoms with van der Waals surface area (Å²) in [4.78, 5) is 13.9. The van der Waals surface area contributed by atoms with E-state index in [1.165, 1.54) is 18.2 Å². The Morgan fingerprint density at radius 2 is 1.93 bits per heavy atom. The minimum Gasteiger partial charge on any atom is -0.312 e. The Kier molecular flexibility index (Phi) is 8.26. The molecule has 1 aromatic rings. The van der Waals surface area contributed by atoms with Crippen LogP contribution in [0.15, 0.2) is 58.2 Å². The summed E-state index contributed by atoms with van der Waals surface area (Å²) in [5, 5.41) is 0. The molecule has 1 fully saturated rings. The molecule has 1 unspecified atom stereocenters. The van der Waals surface area contributed by atoms with Crippen LogP contribution in [0, 0.1) is 11.6 Å². The van der Waals surface area contributed by atoms with Gasteiger partial charge in [-0.25, -0.2) is 17.7 Å². The largest absolute Gasteiger partial charge is 0.312 e. The zero-order valence-electron chi connectivity index (χ0n) is 16.4. The molecule has 0 aromatic heterocycles. The van der Waals surface area contributed by atoms with Crippen LogP contribution in [0.25, 0.3) is 0 Å². The number of rotatable bonds is 3. The molecule has 1 aliphatic carbocycles. The van der Waals surface area contributed by atoms with E-state index in [0.29, 0.717) is 12.5 Å². The summed E-state index contributed by atoms with van der Waals surface area (Å²) in [6, 6.07) is 2.91. The quantitative estimate of drug-likeness (QED) is 0.807. The molecule has 3 rings (SSSR count). The molecule has 1 aliphatic heterocycles. The Morgan fingerprint density at radius 1 is 1.18 bits per heavy atom. The summed E-state index contributed by atoms with van der Waals surface area (Å²) in [6.07, 6.45) is 10.2. The van der Waals surface area contributed by atoms with Crippen molar-refractivity contribution in [2.75, 3.05) is 13.6 Å². The van der Waals surface area contributed by atoms with Crippen molar-refractivity contribution < 1.29 is 17.8 Å². The van der Waals surface area contributed by atoms with Crippen molar-refractivity contribution in [2.24, 2.45) is 0 Å². The van der Waals surface area contributed by atoms with Gasteiger partial charge in [0.2, 0.25) is 5.91 Å². The number of halogens is 2. The maximum atomic E-state index is 12.8. The summed E-state index contributed by atoms with van der Waals surface area (Å²) < 4.78 is 38.5. The molecule has 1 amide bonds. The Hall–Kier alpha value is -2.12. The van der Waals surface area contributed by atoms with E-state index in [4.69, 9.17) is 0 Å². The average molecular weight is 409 g/mol. The number of nitrogens with zero attached hydrogens (tertiary/aromatic N) is 1. The molecule has 1 atom stereocenters. The number of hydrogen-bond acceptors (Lipinski definition) is 2. The van der Waals surface area contributed by atoms with Crippen molar-refractivity contribution in [3.8, 4) is 0 Å². The Labute approximate surface area is 167 Å². The van der Waals surface area contributed by atoms with Crippen LogP contribution in [-0.2, 0) is 15.8 Å². The molecular formula is C21H26F2N2O2S. The third-order valence-corrected chi connectivity index (χ3v) is 5.66. The number of piperidine rings is 1.